The van der Waals surface area contributed by atoms with Gasteiger partial charge in [-0.05, 0) is 6.07 Å². The largest absolute Gasteiger partial charge is 0.350 e. The van der Waals surface area contributed by atoms with Gasteiger partial charge in [0.25, 0.3) is 5.56 Å². The van der Waals surface area contributed by atoms with Gasteiger partial charge in [0.2, 0.25) is 0 Å². The Hall–Kier alpha value is -2.39. The molecular weight excluding hydrogens is 278 g/mol. The number of nitrogens with zero attached hydrogens (tertiary/aromatic N) is 4. The summed E-state index contributed by atoms with van der Waals surface area (Å²) in [6.07, 6.45) is 3.61. The van der Waals surface area contributed by atoms with Gasteiger partial charge in [-0.2, -0.15) is 5.26 Å². The molecule has 20 heavy (non-hydrogen) atoms. The van der Waals surface area contributed by atoms with Crippen molar-refractivity contribution in [1.29, 1.82) is 5.26 Å². The van der Waals surface area contributed by atoms with E-state index in [2.05, 4.69) is 15.0 Å². The Kier molecular flexibility index (Phi) is 3.12. The number of anilines is 1. The van der Waals surface area contributed by atoms with Crippen LogP contribution in [0.15, 0.2) is 23.4 Å². The number of aromatic amines is 1. The lowest BCUT2D eigenvalue weighted by molar-refractivity contribution is 0.689. The molecule has 0 saturated carbocycles. The number of aromatic nitrogens is 3. The van der Waals surface area contributed by atoms with Crippen molar-refractivity contribution in [2.75, 3.05) is 11.4 Å². The van der Waals surface area contributed by atoms with Crippen LogP contribution in [0.25, 0.3) is 0 Å². The van der Waals surface area contributed by atoms with Crippen LogP contribution < -0.4 is 10.5 Å². The number of rotatable bonds is 1. The molecule has 0 bridgehead atoms. The molecule has 0 unspecified atom stereocenters. The number of halogens is 1. The summed E-state index contributed by atoms with van der Waals surface area (Å²) < 4.78 is 0. The molecule has 1 aliphatic heterocycles. The second-order valence-corrected chi connectivity index (χ2v) is 4.81. The molecule has 0 saturated heterocycles. The van der Waals surface area contributed by atoms with Gasteiger partial charge < -0.3 is 9.88 Å². The average Bonchev–Trinajstić information content (AvgIpc) is 2.48. The molecule has 3 heterocycles. The smallest absolute Gasteiger partial charge is 0.255 e. The summed E-state index contributed by atoms with van der Waals surface area (Å²) in [6, 6.07) is 3.59. The van der Waals surface area contributed by atoms with Crippen molar-refractivity contribution in [2.24, 2.45) is 0 Å². The average molecular weight is 288 g/mol. The Labute approximate surface area is 119 Å². The van der Waals surface area contributed by atoms with E-state index in [1.807, 2.05) is 11.0 Å². The number of H-pyrrole nitrogens is 1. The molecule has 0 amide bonds. The van der Waals surface area contributed by atoms with Crippen LogP contribution in [0.1, 0.15) is 16.8 Å². The minimum atomic E-state index is -0.146. The minimum Gasteiger partial charge on any atom is -0.350 e. The fourth-order valence-electron chi connectivity index (χ4n) is 2.27. The Morgan fingerprint density at radius 3 is 3.10 bits per heavy atom. The van der Waals surface area contributed by atoms with Crippen LogP contribution in [-0.2, 0) is 13.0 Å². The second-order valence-electron chi connectivity index (χ2n) is 4.44. The molecule has 1 N–H and O–H groups in total. The van der Waals surface area contributed by atoms with E-state index >= 15 is 0 Å². The molecule has 0 atom stereocenters. The fourth-order valence-corrected chi connectivity index (χ4v) is 2.55. The lowest BCUT2D eigenvalue weighted by Gasteiger charge is -2.29. The molecule has 2 aromatic heterocycles. The predicted molar refractivity (Wildman–Crippen MR) is 73.6 cm³/mol. The van der Waals surface area contributed by atoms with E-state index in [0.717, 1.165) is 5.69 Å². The van der Waals surface area contributed by atoms with Crippen LogP contribution in [-0.4, -0.2) is 21.5 Å². The standard InChI is InChI=1S/C13H10ClN5O/c14-11-8(5-15)1-3-16-12(11)19-4-2-10-9(6-19)13(20)18-7-17-10/h1,3,7H,2,4,6H2,(H,17,18,20). The van der Waals surface area contributed by atoms with Crippen molar-refractivity contribution < 1.29 is 0 Å². The molecule has 0 radical (unpaired) electrons. The zero-order valence-electron chi connectivity index (χ0n) is 10.4. The topological polar surface area (TPSA) is 85.7 Å². The highest BCUT2D eigenvalue weighted by molar-refractivity contribution is 6.34. The molecular formula is C13H10ClN5O. The predicted octanol–water partition coefficient (Wildman–Crippen LogP) is 1.25. The van der Waals surface area contributed by atoms with Crippen molar-refractivity contribution in [1.82, 2.24) is 15.0 Å². The molecule has 3 rings (SSSR count). The molecule has 2 aromatic rings. The molecule has 0 fully saturated rings. The Morgan fingerprint density at radius 1 is 1.45 bits per heavy atom. The maximum absolute atomic E-state index is 11.8. The number of hydrogen-bond acceptors (Lipinski definition) is 5. The van der Waals surface area contributed by atoms with Crippen molar-refractivity contribution in [3.8, 4) is 6.07 Å². The normalized spacial score (nSPS) is 13.7. The SMILES string of the molecule is N#Cc1ccnc(N2CCc3nc[nH]c(=O)c3C2)c1Cl. The Balaban J connectivity index is 2.01. The quantitative estimate of drug-likeness (QED) is 0.853. The molecule has 0 spiro atoms. The first-order valence-corrected chi connectivity index (χ1v) is 6.43. The van der Waals surface area contributed by atoms with Crippen molar-refractivity contribution in [3.05, 3.63) is 50.8 Å². The van der Waals surface area contributed by atoms with Crippen LogP contribution in [0, 0.1) is 11.3 Å². The second kappa shape index (κ2) is 4.94. The van der Waals surface area contributed by atoms with Crippen LogP contribution >= 0.6 is 11.6 Å². The van der Waals surface area contributed by atoms with Gasteiger partial charge in [-0.25, -0.2) is 9.97 Å². The summed E-state index contributed by atoms with van der Waals surface area (Å²) in [5, 5.41) is 9.32. The Bertz CT molecular complexity index is 764. The van der Waals surface area contributed by atoms with E-state index in [1.165, 1.54) is 6.33 Å². The summed E-state index contributed by atoms with van der Waals surface area (Å²) in [5.74, 6) is 0.527. The third-order valence-corrected chi connectivity index (χ3v) is 3.67. The van der Waals surface area contributed by atoms with Crippen LogP contribution in [0.4, 0.5) is 5.82 Å². The van der Waals surface area contributed by atoms with Crippen LogP contribution in [0.3, 0.4) is 0 Å². The third-order valence-electron chi connectivity index (χ3n) is 3.30. The first-order chi connectivity index (χ1) is 9.70. The van der Waals surface area contributed by atoms with Crippen LogP contribution in [0.5, 0.6) is 0 Å². The maximum atomic E-state index is 11.8. The third kappa shape index (κ3) is 2.02. The van der Waals surface area contributed by atoms with E-state index in [-0.39, 0.29) is 5.56 Å². The highest BCUT2D eigenvalue weighted by Crippen LogP contribution is 2.29. The molecule has 7 heteroatoms. The highest BCUT2D eigenvalue weighted by atomic mass is 35.5. The molecule has 100 valence electrons. The van der Waals surface area contributed by atoms with Gasteiger partial charge in [0.05, 0.1) is 29.7 Å². The van der Waals surface area contributed by atoms with Gasteiger partial charge in [-0.15, -0.1) is 0 Å². The van der Waals surface area contributed by atoms with Gasteiger partial charge in [-0.1, -0.05) is 11.6 Å². The van der Waals surface area contributed by atoms with Crippen molar-refractivity contribution in [2.45, 2.75) is 13.0 Å². The fraction of sp³-hybridized carbons (Fsp3) is 0.231. The van der Waals surface area contributed by atoms with Gasteiger partial charge in [0.15, 0.2) is 0 Å². The maximum Gasteiger partial charge on any atom is 0.255 e. The van der Waals surface area contributed by atoms with E-state index in [4.69, 9.17) is 16.9 Å². The summed E-state index contributed by atoms with van der Waals surface area (Å²) in [7, 11) is 0. The number of hydrogen-bond donors (Lipinski definition) is 1. The first kappa shape index (κ1) is 12.6. The number of nitrogens with one attached hydrogen (secondary N) is 1. The monoisotopic (exact) mass is 287 g/mol. The first-order valence-electron chi connectivity index (χ1n) is 6.05. The summed E-state index contributed by atoms with van der Waals surface area (Å²) >= 11 is 6.18. The van der Waals surface area contributed by atoms with Gasteiger partial charge in [0.1, 0.15) is 16.9 Å². The number of nitriles is 1. The van der Waals surface area contributed by atoms with E-state index in [1.54, 1.807) is 12.3 Å². The number of pyridine rings is 1. The number of fused-ring (bicyclic) bond motifs is 1. The highest BCUT2D eigenvalue weighted by Gasteiger charge is 2.23. The lowest BCUT2D eigenvalue weighted by Crippen LogP contribution is -2.36. The van der Waals surface area contributed by atoms with Crippen molar-refractivity contribution in [3.63, 3.8) is 0 Å². The van der Waals surface area contributed by atoms with Gasteiger partial charge in [0, 0.05) is 19.2 Å². The van der Waals surface area contributed by atoms with E-state index in [9.17, 15) is 4.79 Å². The molecule has 0 aromatic carbocycles. The summed E-state index contributed by atoms with van der Waals surface area (Å²) in [6.45, 7) is 1.05. The zero-order chi connectivity index (χ0) is 14.1. The molecule has 0 aliphatic carbocycles. The summed E-state index contributed by atoms with van der Waals surface area (Å²) in [4.78, 5) is 24.7. The van der Waals surface area contributed by atoms with E-state index in [0.29, 0.717) is 41.5 Å². The minimum absolute atomic E-state index is 0.146. The van der Waals surface area contributed by atoms with Crippen LogP contribution in [0.2, 0.25) is 5.02 Å². The molecule has 6 nitrogen and oxygen atoms in total. The lowest BCUT2D eigenvalue weighted by atomic mass is 10.1. The van der Waals surface area contributed by atoms with Crippen molar-refractivity contribution >= 4 is 17.4 Å². The zero-order valence-corrected chi connectivity index (χ0v) is 11.2. The molecule has 1 aliphatic rings. The Morgan fingerprint density at radius 2 is 2.30 bits per heavy atom. The van der Waals surface area contributed by atoms with E-state index < -0.39 is 0 Å². The summed E-state index contributed by atoms with van der Waals surface area (Å²) in [5.41, 5.74) is 1.66. The van der Waals surface area contributed by atoms with Gasteiger partial charge in [-0.3, -0.25) is 4.79 Å². The van der Waals surface area contributed by atoms with Gasteiger partial charge >= 0.3 is 0 Å².